The van der Waals surface area contributed by atoms with Crippen LogP contribution in [0.4, 0.5) is 0 Å². The van der Waals surface area contributed by atoms with Gasteiger partial charge in [-0.05, 0) is 39.4 Å². The van der Waals surface area contributed by atoms with Gasteiger partial charge in [-0.15, -0.1) is 0 Å². The third-order valence-electron chi connectivity index (χ3n) is 3.54. The van der Waals surface area contributed by atoms with Crippen LogP contribution in [0.2, 0.25) is 0 Å². The van der Waals surface area contributed by atoms with Gasteiger partial charge in [0.05, 0.1) is 6.61 Å². The molecule has 0 radical (unpaired) electrons. The van der Waals surface area contributed by atoms with Crippen molar-refractivity contribution in [2.75, 3.05) is 33.3 Å². The monoisotopic (exact) mass is 246 g/mol. The number of piperidine rings is 1. The predicted octanol–water partition coefficient (Wildman–Crippen LogP) is 1.13. The van der Waals surface area contributed by atoms with Gasteiger partial charge in [-0.25, -0.2) is 0 Å². The van der Waals surface area contributed by atoms with Crippen LogP contribution in [0.15, 0.2) is 0 Å². The minimum atomic E-state index is 0.0427. The Morgan fingerprint density at radius 1 is 1.38 bits per heavy atom. The van der Waals surface area contributed by atoms with E-state index in [1.165, 1.54) is 0 Å². The number of thiol groups is 1. The molecular weight excluding hydrogens is 220 g/mol. The van der Waals surface area contributed by atoms with Crippen LogP contribution in [0.25, 0.3) is 0 Å². The summed E-state index contributed by atoms with van der Waals surface area (Å²) in [5.41, 5.74) is 0.208. The normalized spacial score (nSPS) is 21.4. The Bertz CT molecular complexity index is 210. The predicted molar refractivity (Wildman–Crippen MR) is 72.2 cm³/mol. The molecule has 4 heteroatoms. The van der Waals surface area contributed by atoms with Crippen molar-refractivity contribution < 1.29 is 5.11 Å². The molecule has 0 aliphatic carbocycles. The summed E-state index contributed by atoms with van der Waals surface area (Å²) in [5, 5.41) is 12.5. The highest BCUT2D eigenvalue weighted by Gasteiger charge is 2.39. The second-order valence-corrected chi connectivity index (χ2v) is 6.82. The third kappa shape index (κ3) is 3.91. The smallest absolute Gasteiger partial charge is 0.0558 e. The number of likely N-dealkylation sites (N-methyl/N-ethyl adjacent to an activating group) is 1. The lowest BCUT2D eigenvalue weighted by atomic mass is 9.79. The molecule has 2 N–H and O–H groups in total. The maximum absolute atomic E-state index is 9.10. The molecule has 0 spiro atoms. The van der Waals surface area contributed by atoms with Gasteiger partial charge < -0.3 is 10.4 Å². The number of aliphatic hydroxyl groups is 1. The third-order valence-corrected chi connectivity index (χ3v) is 3.70. The molecule has 96 valence electrons. The minimum Gasteiger partial charge on any atom is -0.395 e. The summed E-state index contributed by atoms with van der Waals surface area (Å²) in [5.74, 6) is 0. The van der Waals surface area contributed by atoms with Gasteiger partial charge in [0.15, 0.2) is 0 Å². The number of nitrogens with zero attached hydrogens (tertiary/aromatic N) is 1. The first-order valence-electron chi connectivity index (χ1n) is 6.15. The van der Waals surface area contributed by atoms with Crippen LogP contribution in [-0.2, 0) is 0 Å². The summed E-state index contributed by atoms with van der Waals surface area (Å²) in [6.45, 7) is 7.47. The van der Waals surface area contributed by atoms with Gasteiger partial charge in [-0.3, -0.25) is 4.90 Å². The highest BCUT2D eigenvalue weighted by Crippen LogP contribution is 2.35. The number of rotatable bonds is 5. The molecule has 1 saturated heterocycles. The van der Waals surface area contributed by atoms with Gasteiger partial charge >= 0.3 is 0 Å². The van der Waals surface area contributed by atoms with Crippen LogP contribution < -0.4 is 5.32 Å². The molecule has 0 atom stereocenters. The average Bonchev–Trinajstić information content (AvgIpc) is 2.17. The molecule has 0 aromatic heterocycles. The van der Waals surface area contributed by atoms with Crippen LogP contribution >= 0.6 is 12.6 Å². The Kier molecular flexibility index (Phi) is 5.10. The largest absolute Gasteiger partial charge is 0.395 e. The molecule has 1 rings (SSSR count). The van der Waals surface area contributed by atoms with E-state index in [0.717, 1.165) is 38.9 Å². The molecule has 0 unspecified atom stereocenters. The fraction of sp³-hybridized carbons (Fsp3) is 1.00. The Labute approximate surface area is 105 Å². The van der Waals surface area contributed by atoms with Crippen molar-refractivity contribution in [1.82, 2.24) is 10.2 Å². The molecule has 16 heavy (non-hydrogen) atoms. The topological polar surface area (TPSA) is 35.5 Å². The maximum atomic E-state index is 9.10. The van der Waals surface area contributed by atoms with E-state index in [2.05, 4.69) is 43.7 Å². The first-order valence-corrected chi connectivity index (χ1v) is 6.60. The van der Waals surface area contributed by atoms with E-state index in [9.17, 15) is 0 Å². The van der Waals surface area contributed by atoms with Crippen molar-refractivity contribution in [3.05, 3.63) is 0 Å². The summed E-state index contributed by atoms with van der Waals surface area (Å²) in [4.78, 5) is 2.33. The summed E-state index contributed by atoms with van der Waals surface area (Å²) >= 11 is 4.67. The summed E-state index contributed by atoms with van der Waals surface area (Å²) in [6, 6.07) is 0. The molecule has 1 aliphatic heterocycles. The molecule has 0 amide bonds. The van der Waals surface area contributed by atoms with Crippen molar-refractivity contribution >= 4 is 12.6 Å². The number of β-amino-alcohol motifs (C(OH)–C–C–N with tert-alkyl or cyclic N) is 1. The van der Waals surface area contributed by atoms with Gasteiger partial charge in [0, 0.05) is 16.8 Å². The van der Waals surface area contributed by atoms with Crippen LogP contribution in [0.1, 0.15) is 33.1 Å². The van der Waals surface area contributed by atoms with Gasteiger partial charge in [-0.1, -0.05) is 13.8 Å². The first-order chi connectivity index (χ1) is 7.40. The van der Waals surface area contributed by atoms with E-state index >= 15 is 0 Å². The van der Waals surface area contributed by atoms with Crippen molar-refractivity contribution in [3.63, 3.8) is 0 Å². The van der Waals surface area contributed by atoms with Gasteiger partial charge in [0.2, 0.25) is 0 Å². The summed E-state index contributed by atoms with van der Waals surface area (Å²) < 4.78 is 0.0427. The number of hydrogen-bond donors (Lipinski definition) is 3. The molecule has 0 saturated carbocycles. The Morgan fingerprint density at radius 3 is 2.38 bits per heavy atom. The van der Waals surface area contributed by atoms with Gasteiger partial charge in [0.25, 0.3) is 0 Å². The lowest BCUT2D eigenvalue weighted by Gasteiger charge is -2.47. The Balaban J connectivity index is 2.74. The fourth-order valence-corrected chi connectivity index (χ4v) is 3.07. The van der Waals surface area contributed by atoms with E-state index in [1.54, 1.807) is 0 Å². The second-order valence-electron chi connectivity index (χ2n) is 5.61. The highest BCUT2D eigenvalue weighted by atomic mass is 32.1. The average molecular weight is 246 g/mol. The van der Waals surface area contributed by atoms with Crippen LogP contribution in [0.5, 0.6) is 0 Å². The standard InChI is InChI=1S/C12H26N2OS/c1-11(2,16)10-12(14(3)8-9-15)4-6-13-7-5-12/h13,15-16H,4-10H2,1-3H3. The summed E-state index contributed by atoms with van der Waals surface area (Å²) in [6.07, 6.45) is 3.36. The molecule has 1 heterocycles. The quantitative estimate of drug-likeness (QED) is 0.637. The maximum Gasteiger partial charge on any atom is 0.0558 e. The minimum absolute atomic E-state index is 0.0427. The van der Waals surface area contributed by atoms with E-state index in [0.29, 0.717) is 0 Å². The molecule has 0 aromatic carbocycles. The van der Waals surface area contributed by atoms with Crippen molar-refractivity contribution in [1.29, 1.82) is 0 Å². The number of hydrogen-bond acceptors (Lipinski definition) is 4. The lowest BCUT2D eigenvalue weighted by molar-refractivity contribution is 0.0506. The van der Waals surface area contributed by atoms with Crippen molar-refractivity contribution in [3.8, 4) is 0 Å². The fourth-order valence-electron chi connectivity index (χ4n) is 2.78. The van der Waals surface area contributed by atoms with Crippen LogP contribution in [-0.4, -0.2) is 53.6 Å². The van der Waals surface area contributed by atoms with E-state index in [-0.39, 0.29) is 16.9 Å². The molecule has 3 nitrogen and oxygen atoms in total. The zero-order valence-electron chi connectivity index (χ0n) is 10.8. The Morgan fingerprint density at radius 2 is 1.94 bits per heavy atom. The van der Waals surface area contributed by atoms with Crippen molar-refractivity contribution in [2.45, 2.75) is 43.4 Å². The number of nitrogens with one attached hydrogen (secondary N) is 1. The van der Waals surface area contributed by atoms with E-state index < -0.39 is 0 Å². The second kappa shape index (κ2) is 5.71. The SMILES string of the molecule is CN(CCO)C1(CC(C)(C)S)CCNCC1. The lowest BCUT2D eigenvalue weighted by Crippen LogP contribution is -2.56. The molecule has 1 aliphatic rings. The zero-order chi connectivity index (χ0) is 12.2. The molecule has 0 bridgehead atoms. The number of aliphatic hydroxyl groups excluding tert-OH is 1. The summed E-state index contributed by atoms with van der Waals surface area (Å²) in [7, 11) is 2.13. The molecule has 0 aromatic rings. The van der Waals surface area contributed by atoms with Crippen LogP contribution in [0.3, 0.4) is 0 Å². The Hall–Kier alpha value is 0.230. The van der Waals surface area contributed by atoms with Gasteiger partial charge in [-0.2, -0.15) is 12.6 Å². The van der Waals surface area contributed by atoms with Gasteiger partial charge in [0.1, 0.15) is 0 Å². The first kappa shape index (κ1) is 14.3. The zero-order valence-corrected chi connectivity index (χ0v) is 11.7. The van der Waals surface area contributed by atoms with Crippen LogP contribution in [0, 0.1) is 0 Å². The van der Waals surface area contributed by atoms with Crippen molar-refractivity contribution in [2.24, 2.45) is 0 Å². The molecular formula is C12H26N2OS. The van der Waals surface area contributed by atoms with E-state index in [4.69, 9.17) is 5.11 Å². The van der Waals surface area contributed by atoms with E-state index in [1.807, 2.05) is 0 Å². The highest BCUT2D eigenvalue weighted by molar-refractivity contribution is 7.81. The molecule has 1 fully saturated rings.